The number of carbonyl (C=O) groups excluding carboxylic acids is 2. The average molecular weight is 477 g/mol. The zero-order valence-corrected chi connectivity index (χ0v) is 19.9. The van der Waals surface area contributed by atoms with Gasteiger partial charge in [0.05, 0.1) is 0 Å². The van der Waals surface area contributed by atoms with Crippen molar-refractivity contribution in [2.45, 2.75) is 58.8 Å². The molecule has 1 aromatic heterocycles. The summed E-state index contributed by atoms with van der Waals surface area (Å²) in [5.74, 6) is -0.605. The molecule has 34 heavy (non-hydrogen) atoms. The molecule has 1 saturated heterocycles. The molecule has 0 saturated carbocycles. The summed E-state index contributed by atoms with van der Waals surface area (Å²) in [5.41, 5.74) is 0.742. The van der Waals surface area contributed by atoms with Crippen LogP contribution in [0, 0.1) is 12.8 Å². The van der Waals surface area contributed by atoms with Crippen molar-refractivity contribution >= 4 is 17.5 Å². The summed E-state index contributed by atoms with van der Waals surface area (Å²) in [5, 5.41) is 5.71. The highest BCUT2D eigenvalue weighted by Gasteiger charge is 2.33. The van der Waals surface area contributed by atoms with Gasteiger partial charge in [-0.3, -0.25) is 14.5 Å². The van der Waals surface area contributed by atoms with E-state index in [4.69, 9.17) is 0 Å². The normalized spacial score (nSPS) is 15.7. The Morgan fingerprint density at radius 2 is 1.76 bits per heavy atom. The van der Waals surface area contributed by atoms with Crippen molar-refractivity contribution in [1.29, 1.82) is 0 Å². The number of nitrogens with one attached hydrogen (secondary N) is 2. The van der Waals surface area contributed by atoms with E-state index in [-0.39, 0.29) is 23.1 Å². The molecule has 1 fully saturated rings. The summed E-state index contributed by atoms with van der Waals surface area (Å²) >= 11 is 0. The molecule has 2 aromatic rings. The van der Waals surface area contributed by atoms with Crippen molar-refractivity contribution in [1.82, 2.24) is 15.2 Å². The fraction of sp³-hybridized carbons (Fsp3) is 0.480. The van der Waals surface area contributed by atoms with Crippen molar-refractivity contribution in [2.75, 3.05) is 18.4 Å². The van der Waals surface area contributed by atoms with Gasteiger partial charge >= 0.3 is 6.18 Å². The number of hydrogen-bond donors (Lipinski definition) is 2. The molecule has 0 radical (unpaired) electrons. The lowest BCUT2D eigenvalue weighted by molar-refractivity contribution is -0.141. The minimum atomic E-state index is -4.62. The number of rotatable bonds is 5. The maximum Gasteiger partial charge on any atom is 0.433 e. The molecule has 1 aliphatic rings. The van der Waals surface area contributed by atoms with Gasteiger partial charge in [0, 0.05) is 23.7 Å². The van der Waals surface area contributed by atoms with Crippen molar-refractivity contribution < 1.29 is 22.8 Å². The van der Waals surface area contributed by atoms with Crippen LogP contribution in [0.15, 0.2) is 36.4 Å². The number of benzene rings is 1. The Hall–Kier alpha value is -2.94. The zero-order valence-electron chi connectivity index (χ0n) is 19.9. The molecule has 0 unspecified atom stereocenters. The molecule has 0 spiro atoms. The van der Waals surface area contributed by atoms with Gasteiger partial charge < -0.3 is 10.6 Å². The first-order chi connectivity index (χ1) is 15.8. The second-order valence-corrected chi connectivity index (χ2v) is 9.86. The van der Waals surface area contributed by atoms with Gasteiger partial charge in [-0.05, 0) is 89.0 Å². The van der Waals surface area contributed by atoms with E-state index in [0.717, 1.165) is 49.2 Å². The molecule has 2 N–H and O–H groups in total. The number of amides is 2. The number of halogens is 3. The number of aromatic nitrogens is 1. The first-order valence-electron chi connectivity index (χ1n) is 11.3. The Labute approximate surface area is 197 Å². The summed E-state index contributed by atoms with van der Waals surface area (Å²) in [6.45, 7) is 10.0. The Morgan fingerprint density at radius 1 is 1.09 bits per heavy atom. The van der Waals surface area contributed by atoms with Crippen LogP contribution >= 0.6 is 0 Å². The van der Waals surface area contributed by atoms with Gasteiger partial charge in [0.2, 0.25) is 5.91 Å². The lowest BCUT2D eigenvalue weighted by atomic mass is 9.94. The lowest BCUT2D eigenvalue weighted by Gasteiger charge is -2.33. The van der Waals surface area contributed by atoms with Crippen molar-refractivity contribution in [3.8, 4) is 0 Å². The summed E-state index contributed by atoms with van der Waals surface area (Å²) in [6.07, 6.45) is -3.06. The summed E-state index contributed by atoms with van der Waals surface area (Å²) in [7, 11) is 0. The predicted molar refractivity (Wildman–Crippen MR) is 124 cm³/mol. The number of piperidine rings is 1. The molecule has 1 aliphatic heterocycles. The van der Waals surface area contributed by atoms with E-state index in [2.05, 4.69) is 20.5 Å². The van der Waals surface area contributed by atoms with Crippen LogP contribution in [0.25, 0.3) is 0 Å². The van der Waals surface area contributed by atoms with Gasteiger partial charge in [-0.25, -0.2) is 4.98 Å². The molecule has 0 bridgehead atoms. The van der Waals surface area contributed by atoms with Crippen LogP contribution in [0.1, 0.15) is 60.9 Å². The van der Waals surface area contributed by atoms with Crippen molar-refractivity contribution in [2.24, 2.45) is 5.92 Å². The van der Waals surface area contributed by atoms with Crippen molar-refractivity contribution in [3.63, 3.8) is 0 Å². The molecule has 1 aromatic carbocycles. The third-order valence-corrected chi connectivity index (χ3v) is 5.53. The van der Waals surface area contributed by atoms with Crippen molar-refractivity contribution in [3.05, 3.63) is 58.9 Å². The minimum Gasteiger partial charge on any atom is -0.351 e. The monoisotopic (exact) mass is 476 g/mol. The molecule has 3 rings (SSSR count). The third kappa shape index (κ3) is 7.28. The molecule has 0 atom stereocenters. The number of carbonyl (C=O) groups is 2. The molecular weight excluding hydrogens is 445 g/mol. The molecule has 184 valence electrons. The Bertz CT molecular complexity index is 1040. The maximum atomic E-state index is 12.9. The molecule has 0 aliphatic carbocycles. The SMILES string of the molecule is Cc1cc(CN2CCC(C(=O)NC(C)(C)C)CC2)cc(NC(=O)c2cccc(C(F)(F)F)n2)c1. The standard InChI is InChI=1S/C25H31F3N4O2/c1-16-12-17(15-32-10-8-18(9-11-32)22(33)31-24(2,3)4)14-19(13-16)29-23(34)20-6-5-7-21(30-20)25(26,27)28/h5-7,12-14,18H,8-11,15H2,1-4H3,(H,29,34)(H,31,33). The summed E-state index contributed by atoms with van der Waals surface area (Å²) < 4.78 is 38.7. The molecular formula is C25H31F3N4O2. The number of pyridine rings is 1. The van der Waals surface area contributed by atoms with Gasteiger partial charge in [-0.1, -0.05) is 12.1 Å². The number of hydrogen-bond acceptors (Lipinski definition) is 4. The van der Waals surface area contributed by atoms with E-state index >= 15 is 0 Å². The molecule has 9 heteroatoms. The average Bonchev–Trinajstić information content (AvgIpc) is 2.72. The zero-order chi connectivity index (χ0) is 25.1. The van der Waals surface area contributed by atoms with Crippen LogP contribution in [-0.2, 0) is 17.5 Å². The van der Waals surface area contributed by atoms with Gasteiger partial charge in [-0.15, -0.1) is 0 Å². The number of aryl methyl sites for hydroxylation is 1. The number of nitrogens with zero attached hydrogens (tertiary/aromatic N) is 2. The Kier molecular flexibility index (Phi) is 7.65. The summed E-state index contributed by atoms with van der Waals surface area (Å²) in [6, 6.07) is 8.84. The van der Waals surface area contributed by atoms with Gasteiger partial charge in [-0.2, -0.15) is 13.2 Å². The van der Waals surface area contributed by atoms with E-state index in [9.17, 15) is 22.8 Å². The topological polar surface area (TPSA) is 74.3 Å². The van der Waals surface area contributed by atoms with Gasteiger partial charge in [0.25, 0.3) is 5.91 Å². The highest BCUT2D eigenvalue weighted by molar-refractivity contribution is 6.03. The Balaban J connectivity index is 1.62. The second-order valence-electron chi connectivity index (χ2n) is 9.86. The van der Waals surface area contributed by atoms with Crippen LogP contribution in [0.4, 0.5) is 18.9 Å². The fourth-order valence-electron chi connectivity index (χ4n) is 4.02. The minimum absolute atomic E-state index is 0.00259. The van der Waals surface area contributed by atoms with E-state index in [1.165, 1.54) is 6.07 Å². The fourth-order valence-corrected chi connectivity index (χ4v) is 4.02. The highest BCUT2D eigenvalue weighted by atomic mass is 19.4. The first kappa shape index (κ1) is 25.7. The van der Waals surface area contributed by atoms with E-state index in [1.54, 1.807) is 6.07 Å². The van der Waals surface area contributed by atoms with Crippen LogP contribution in [0.5, 0.6) is 0 Å². The quantitative estimate of drug-likeness (QED) is 0.651. The Morgan fingerprint density at radius 3 is 2.38 bits per heavy atom. The second kappa shape index (κ2) is 10.1. The smallest absolute Gasteiger partial charge is 0.351 e. The van der Waals surface area contributed by atoms with Crippen LogP contribution < -0.4 is 10.6 Å². The molecule has 6 nitrogen and oxygen atoms in total. The van der Waals surface area contributed by atoms with Crippen LogP contribution in [0.3, 0.4) is 0 Å². The first-order valence-corrected chi connectivity index (χ1v) is 11.3. The molecule has 2 heterocycles. The lowest BCUT2D eigenvalue weighted by Crippen LogP contribution is -2.46. The number of anilines is 1. The highest BCUT2D eigenvalue weighted by Crippen LogP contribution is 2.28. The van der Waals surface area contributed by atoms with Gasteiger partial charge in [0.15, 0.2) is 0 Å². The summed E-state index contributed by atoms with van der Waals surface area (Å²) in [4.78, 5) is 30.6. The number of alkyl halides is 3. The largest absolute Gasteiger partial charge is 0.433 e. The van der Waals surface area contributed by atoms with E-state index in [1.807, 2.05) is 39.8 Å². The maximum absolute atomic E-state index is 12.9. The predicted octanol–water partition coefficient (Wildman–Crippen LogP) is 4.79. The number of likely N-dealkylation sites (tertiary alicyclic amines) is 1. The van der Waals surface area contributed by atoms with Gasteiger partial charge in [0.1, 0.15) is 11.4 Å². The molecule has 2 amide bonds. The van der Waals surface area contributed by atoms with E-state index in [0.29, 0.717) is 12.2 Å². The van der Waals surface area contributed by atoms with E-state index < -0.39 is 17.8 Å². The third-order valence-electron chi connectivity index (χ3n) is 5.53. The van der Waals surface area contributed by atoms with Crippen LogP contribution in [0.2, 0.25) is 0 Å². The van der Waals surface area contributed by atoms with Crippen LogP contribution in [-0.4, -0.2) is 40.3 Å².